The molecule has 0 spiro atoms. The first kappa shape index (κ1) is 27.5. The zero-order chi connectivity index (χ0) is 25.7. The summed E-state index contributed by atoms with van der Waals surface area (Å²) < 4.78 is 18.4. The van der Waals surface area contributed by atoms with Gasteiger partial charge in [0.2, 0.25) is 11.8 Å². The molecule has 11 nitrogen and oxygen atoms in total. The van der Waals surface area contributed by atoms with Crippen molar-refractivity contribution < 1.29 is 23.5 Å². The lowest BCUT2D eigenvalue weighted by atomic mass is 10.2. The molecule has 0 saturated carbocycles. The second-order valence-electron chi connectivity index (χ2n) is 10.6. The number of hydrogen-bond donors (Lipinski definition) is 2. The smallest absolute Gasteiger partial charge is 0.407 e. The Morgan fingerprint density at radius 3 is 2.38 bits per heavy atom. The van der Waals surface area contributed by atoms with E-state index in [4.69, 9.17) is 13.9 Å². The topological polar surface area (TPSA) is 129 Å². The van der Waals surface area contributed by atoms with E-state index in [1.165, 1.54) is 19.8 Å². The van der Waals surface area contributed by atoms with Crippen LogP contribution in [0.1, 0.15) is 41.5 Å². The summed E-state index contributed by atoms with van der Waals surface area (Å²) in [5, 5.41) is 5.69. The van der Waals surface area contributed by atoms with Gasteiger partial charge in [-0.2, -0.15) is 4.98 Å². The van der Waals surface area contributed by atoms with Crippen molar-refractivity contribution >= 4 is 31.5 Å². The van der Waals surface area contributed by atoms with Crippen molar-refractivity contribution in [3.05, 3.63) is 12.7 Å². The van der Waals surface area contributed by atoms with Gasteiger partial charge in [0.25, 0.3) is 0 Å². The predicted molar refractivity (Wildman–Crippen MR) is 131 cm³/mol. The number of carbonyl (C=O) groups excluding carboxylic acids is 2. The minimum Gasteiger partial charge on any atom is -0.479 e. The lowest BCUT2D eigenvalue weighted by Crippen LogP contribution is -2.51. The Balaban J connectivity index is 2.10. The van der Waals surface area contributed by atoms with Gasteiger partial charge in [0.15, 0.2) is 19.5 Å². The molecule has 0 aromatic carbocycles. The fourth-order valence-corrected chi connectivity index (χ4v) is 3.80. The minimum absolute atomic E-state index is 0.00857. The van der Waals surface area contributed by atoms with Crippen molar-refractivity contribution in [2.75, 3.05) is 20.3 Å². The Labute approximate surface area is 202 Å². The Bertz CT molecular complexity index is 996. The maximum Gasteiger partial charge on any atom is 0.407 e. The van der Waals surface area contributed by atoms with E-state index in [1.807, 2.05) is 0 Å². The lowest BCUT2D eigenvalue weighted by Gasteiger charge is -2.37. The number of amides is 2. The van der Waals surface area contributed by atoms with Gasteiger partial charge >= 0.3 is 6.09 Å². The van der Waals surface area contributed by atoms with Gasteiger partial charge in [-0.25, -0.2) is 14.8 Å². The number of aromatic nitrogens is 4. The first-order valence-electron chi connectivity index (χ1n) is 11.2. The maximum atomic E-state index is 12.9. The van der Waals surface area contributed by atoms with Crippen molar-refractivity contribution in [3.8, 4) is 5.88 Å². The number of alkyl carbamates (subject to hydrolysis) is 1. The van der Waals surface area contributed by atoms with E-state index in [2.05, 4.69) is 59.5 Å². The molecule has 0 aliphatic rings. The second-order valence-corrected chi connectivity index (χ2v) is 15.5. The molecule has 0 aliphatic carbocycles. The molecule has 0 unspecified atom stereocenters. The third kappa shape index (κ3) is 7.66. The van der Waals surface area contributed by atoms with Crippen molar-refractivity contribution in [2.45, 2.75) is 77.9 Å². The summed E-state index contributed by atoms with van der Waals surface area (Å²) in [6, 6.07) is -0.451. The van der Waals surface area contributed by atoms with Crippen molar-refractivity contribution in [1.29, 1.82) is 0 Å². The molecule has 2 rings (SSSR count). The van der Waals surface area contributed by atoms with E-state index < -0.39 is 26.1 Å². The molecule has 2 N–H and O–H groups in total. The first-order valence-corrected chi connectivity index (χ1v) is 14.1. The van der Waals surface area contributed by atoms with Gasteiger partial charge in [0.1, 0.15) is 18.5 Å². The number of imidazole rings is 1. The molecule has 12 heteroatoms. The number of hydrogen-bond acceptors (Lipinski definition) is 8. The average molecular weight is 495 g/mol. The van der Waals surface area contributed by atoms with Crippen LogP contribution in [0.15, 0.2) is 12.7 Å². The molecular weight excluding hydrogens is 456 g/mol. The van der Waals surface area contributed by atoms with Crippen molar-refractivity contribution in [1.82, 2.24) is 30.2 Å². The normalized spacial score (nSPS) is 13.4. The van der Waals surface area contributed by atoms with E-state index >= 15 is 0 Å². The maximum absolute atomic E-state index is 12.9. The van der Waals surface area contributed by atoms with Crippen LogP contribution in [0.4, 0.5) is 4.79 Å². The average Bonchev–Trinajstić information content (AvgIpc) is 3.10. The van der Waals surface area contributed by atoms with E-state index in [0.29, 0.717) is 17.0 Å². The van der Waals surface area contributed by atoms with Gasteiger partial charge in [0.05, 0.1) is 26.1 Å². The molecule has 2 aromatic heterocycles. The van der Waals surface area contributed by atoms with Crippen LogP contribution in [0.3, 0.4) is 0 Å². The summed E-state index contributed by atoms with van der Waals surface area (Å²) in [6.07, 6.45) is 2.32. The fourth-order valence-electron chi connectivity index (χ4n) is 2.75. The number of carbonyl (C=O) groups is 2. The largest absolute Gasteiger partial charge is 0.479 e. The van der Waals surface area contributed by atoms with Crippen LogP contribution in [0.5, 0.6) is 5.88 Å². The predicted octanol–water partition coefficient (Wildman–Crippen LogP) is 2.87. The van der Waals surface area contributed by atoms with Crippen molar-refractivity contribution in [3.63, 3.8) is 0 Å². The Hall–Kier alpha value is -2.73. The van der Waals surface area contributed by atoms with Gasteiger partial charge in [-0.3, -0.25) is 4.79 Å². The molecule has 0 fully saturated rings. The highest BCUT2D eigenvalue weighted by Crippen LogP contribution is 2.36. The molecule has 0 radical (unpaired) electrons. The number of nitrogens with one attached hydrogen (secondary N) is 2. The molecule has 34 heavy (non-hydrogen) atoms. The molecule has 0 bridgehead atoms. The van der Waals surface area contributed by atoms with E-state index in [-0.39, 0.29) is 30.6 Å². The zero-order valence-corrected chi connectivity index (χ0v) is 22.7. The van der Waals surface area contributed by atoms with Gasteiger partial charge in [0, 0.05) is 6.54 Å². The summed E-state index contributed by atoms with van der Waals surface area (Å²) in [6.45, 7) is 16.5. The van der Waals surface area contributed by atoms with E-state index in [9.17, 15) is 9.59 Å². The fraction of sp³-hybridized carbons (Fsp3) is 0.682. The van der Waals surface area contributed by atoms with Crippen LogP contribution in [-0.4, -0.2) is 71.7 Å². The Kier molecular flexibility index (Phi) is 8.64. The molecule has 0 aliphatic heterocycles. The molecule has 190 valence electrons. The molecule has 0 saturated heterocycles. The molecule has 2 amide bonds. The Morgan fingerprint density at radius 1 is 1.12 bits per heavy atom. The zero-order valence-electron chi connectivity index (χ0n) is 21.7. The van der Waals surface area contributed by atoms with Crippen LogP contribution in [0, 0.1) is 0 Å². The highest BCUT2D eigenvalue weighted by molar-refractivity contribution is 6.74. The van der Waals surface area contributed by atoms with Crippen LogP contribution in [0.2, 0.25) is 18.1 Å². The second kappa shape index (κ2) is 10.7. The van der Waals surface area contributed by atoms with Crippen LogP contribution >= 0.6 is 0 Å². The van der Waals surface area contributed by atoms with Gasteiger partial charge in [-0.1, -0.05) is 20.8 Å². The van der Waals surface area contributed by atoms with Crippen LogP contribution in [0.25, 0.3) is 11.2 Å². The van der Waals surface area contributed by atoms with Crippen LogP contribution in [-0.2, 0) is 20.5 Å². The van der Waals surface area contributed by atoms with E-state index in [1.54, 1.807) is 25.3 Å². The highest BCUT2D eigenvalue weighted by atomic mass is 28.4. The third-order valence-corrected chi connectivity index (χ3v) is 10.1. The minimum atomic E-state index is -2.06. The van der Waals surface area contributed by atoms with Gasteiger partial charge in [-0.15, -0.1) is 0 Å². The summed E-state index contributed by atoms with van der Waals surface area (Å²) in [7, 11) is -0.566. The number of nitrogens with zero attached hydrogens (tertiary/aromatic N) is 4. The summed E-state index contributed by atoms with van der Waals surface area (Å²) in [5.74, 6) is 0.0677. The molecular formula is C22H38N6O5Si. The quantitative estimate of drug-likeness (QED) is 0.509. The highest BCUT2D eigenvalue weighted by Gasteiger charge is 2.37. The third-order valence-electron chi connectivity index (χ3n) is 5.58. The Morgan fingerprint density at radius 2 is 1.79 bits per heavy atom. The summed E-state index contributed by atoms with van der Waals surface area (Å²) in [5.41, 5.74) is 0.344. The number of fused-ring (bicyclic) bond motifs is 1. The first-order chi connectivity index (χ1) is 15.6. The number of methoxy groups -OCH3 is 1. The SMILES string of the molecule is COc1ncnc2c1ncn2CC(=O)N[C@H](CNC(=O)OC(C)(C)C)CO[Si](C)(C)C(C)(C)C. The van der Waals surface area contributed by atoms with Gasteiger partial charge in [-0.05, 0) is 38.9 Å². The van der Waals surface area contributed by atoms with Gasteiger partial charge < -0.3 is 29.1 Å². The van der Waals surface area contributed by atoms with Crippen molar-refractivity contribution in [2.24, 2.45) is 0 Å². The summed E-state index contributed by atoms with van der Waals surface area (Å²) >= 11 is 0. The molecule has 2 aromatic rings. The summed E-state index contributed by atoms with van der Waals surface area (Å²) in [4.78, 5) is 37.5. The molecule has 1 atom stereocenters. The number of ether oxygens (including phenoxy) is 2. The molecule has 2 heterocycles. The van der Waals surface area contributed by atoms with E-state index in [0.717, 1.165) is 0 Å². The lowest BCUT2D eigenvalue weighted by molar-refractivity contribution is -0.122. The monoisotopic (exact) mass is 494 g/mol. The standard InChI is InChI=1S/C22H38N6O5Si/c1-21(2,3)33-20(30)23-10-15(12-32-34(8,9)22(4,5)6)27-16(29)11-28-14-26-17-18(28)24-13-25-19(17)31-7/h13-15H,10-12H2,1-9H3,(H,23,30)(H,27,29)/t15-/m1/s1. The number of rotatable bonds is 9. The van der Waals surface area contributed by atoms with Crippen LogP contribution < -0.4 is 15.4 Å².